The van der Waals surface area contributed by atoms with Gasteiger partial charge in [-0.25, -0.2) is 0 Å². The Labute approximate surface area is 193 Å². The van der Waals surface area contributed by atoms with Gasteiger partial charge in [0.25, 0.3) is 16.1 Å². The van der Waals surface area contributed by atoms with Gasteiger partial charge < -0.3 is 14.3 Å². The van der Waals surface area contributed by atoms with Crippen molar-refractivity contribution in [3.63, 3.8) is 0 Å². The van der Waals surface area contributed by atoms with E-state index in [1.54, 1.807) is 21.3 Å². The van der Waals surface area contributed by atoms with Crippen molar-refractivity contribution in [2.75, 3.05) is 59.4 Å². The number of benzene rings is 2. The van der Waals surface area contributed by atoms with Gasteiger partial charge >= 0.3 is 0 Å². The van der Waals surface area contributed by atoms with Crippen LogP contribution in [0.4, 0.5) is 0 Å². The van der Waals surface area contributed by atoms with Gasteiger partial charge in [-0.1, -0.05) is 35.5 Å². The first kappa shape index (κ1) is 22.0. The van der Waals surface area contributed by atoms with Gasteiger partial charge in [-0.15, -0.1) is 0 Å². The predicted molar refractivity (Wildman–Crippen MR) is 125 cm³/mol. The van der Waals surface area contributed by atoms with Crippen LogP contribution >= 0.6 is 0 Å². The molecule has 174 valence electrons. The minimum atomic E-state index is -3.50. The molecule has 0 N–H and O–H groups in total. The molecule has 1 aromatic heterocycles. The lowest BCUT2D eigenvalue weighted by atomic mass is 10.1. The third kappa shape index (κ3) is 4.26. The van der Waals surface area contributed by atoms with E-state index < -0.39 is 10.2 Å². The van der Waals surface area contributed by atoms with Crippen molar-refractivity contribution < 1.29 is 17.7 Å². The van der Waals surface area contributed by atoms with E-state index in [9.17, 15) is 13.2 Å². The van der Waals surface area contributed by atoms with Crippen LogP contribution in [-0.4, -0.2) is 97.3 Å². The molecule has 2 aliphatic heterocycles. The van der Waals surface area contributed by atoms with Gasteiger partial charge in [0.1, 0.15) is 5.52 Å². The Hall–Kier alpha value is -2.79. The highest BCUT2D eigenvalue weighted by Crippen LogP contribution is 2.29. The number of aromatic nitrogens is 1. The van der Waals surface area contributed by atoms with E-state index in [0.29, 0.717) is 56.1 Å². The number of nitrogens with zero attached hydrogens (tertiary/aromatic N) is 5. The molecule has 1 amide bonds. The van der Waals surface area contributed by atoms with Crippen molar-refractivity contribution in [2.45, 2.75) is 0 Å². The van der Waals surface area contributed by atoms with Crippen molar-refractivity contribution in [1.82, 2.24) is 23.6 Å². The lowest BCUT2D eigenvalue weighted by molar-refractivity contribution is 0.0692. The largest absolute Gasteiger partial charge is 0.355 e. The first-order chi connectivity index (χ1) is 15.9. The van der Waals surface area contributed by atoms with Crippen LogP contribution in [0.2, 0.25) is 0 Å². The highest BCUT2D eigenvalue weighted by Gasteiger charge is 2.35. The summed E-state index contributed by atoms with van der Waals surface area (Å²) in [6.07, 6.45) is 0. The van der Waals surface area contributed by atoms with E-state index in [-0.39, 0.29) is 5.91 Å². The van der Waals surface area contributed by atoms with Gasteiger partial charge in [-0.05, 0) is 25.2 Å². The molecule has 3 heterocycles. The summed E-state index contributed by atoms with van der Waals surface area (Å²) in [4.78, 5) is 17.0. The SMILES string of the molecule is CN1CCN(S(=O)(=O)N2CCN(C(=O)c3ccc4noc(-c5ccccc5)c4c3)CC2)CC1. The zero-order valence-electron chi connectivity index (χ0n) is 18.6. The zero-order valence-corrected chi connectivity index (χ0v) is 19.4. The van der Waals surface area contributed by atoms with Gasteiger partial charge in [-0.2, -0.15) is 17.0 Å². The maximum atomic E-state index is 13.2. The number of carbonyl (C=O) groups is 1. The number of likely N-dealkylation sites (N-methyl/N-ethyl adjacent to an activating group) is 1. The molecule has 33 heavy (non-hydrogen) atoms. The molecule has 9 nitrogen and oxygen atoms in total. The van der Waals surface area contributed by atoms with Crippen LogP contribution < -0.4 is 0 Å². The minimum absolute atomic E-state index is 0.117. The summed E-state index contributed by atoms with van der Waals surface area (Å²) in [5, 5.41) is 4.89. The number of hydrogen-bond acceptors (Lipinski definition) is 6. The van der Waals surface area contributed by atoms with E-state index in [4.69, 9.17) is 4.52 Å². The molecule has 0 aliphatic carbocycles. The Morgan fingerprint density at radius 1 is 0.879 bits per heavy atom. The van der Waals surface area contributed by atoms with Crippen molar-refractivity contribution in [3.05, 3.63) is 54.1 Å². The fraction of sp³-hybridized carbons (Fsp3) is 0.391. The van der Waals surface area contributed by atoms with E-state index in [2.05, 4.69) is 10.1 Å². The van der Waals surface area contributed by atoms with Gasteiger partial charge in [-0.3, -0.25) is 4.79 Å². The van der Waals surface area contributed by atoms with Crippen LogP contribution in [-0.2, 0) is 10.2 Å². The highest BCUT2D eigenvalue weighted by atomic mass is 32.2. The lowest BCUT2D eigenvalue weighted by Gasteiger charge is -2.39. The second kappa shape index (κ2) is 8.86. The van der Waals surface area contributed by atoms with Crippen molar-refractivity contribution in [3.8, 4) is 11.3 Å². The highest BCUT2D eigenvalue weighted by molar-refractivity contribution is 7.86. The molecule has 10 heteroatoms. The van der Waals surface area contributed by atoms with Gasteiger partial charge in [0, 0.05) is 63.5 Å². The van der Waals surface area contributed by atoms with Crippen LogP contribution in [0, 0.1) is 0 Å². The van der Waals surface area contributed by atoms with Crippen LogP contribution in [0.25, 0.3) is 22.2 Å². The molecule has 0 bridgehead atoms. The molecule has 0 unspecified atom stereocenters. The summed E-state index contributed by atoms with van der Waals surface area (Å²) in [6.45, 7) is 3.78. The summed E-state index contributed by atoms with van der Waals surface area (Å²) >= 11 is 0. The predicted octanol–water partition coefficient (Wildman–Crippen LogP) is 1.74. The molecular formula is C23H27N5O4S. The standard InChI is InChI=1S/C23H27N5O4S/c1-25-9-13-27(14-10-25)33(30,31)28-15-11-26(12-16-28)23(29)19-7-8-21-20(17-19)22(32-24-21)18-5-3-2-4-6-18/h2-8,17H,9-16H2,1H3. The summed E-state index contributed by atoms with van der Waals surface area (Å²) in [7, 11) is -1.50. The average molecular weight is 470 g/mol. The Kier molecular flexibility index (Phi) is 5.92. The quantitative estimate of drug-likeness (QED) is 0.578. The minimum Gasteiger partial charge on any atom is -0.355 e. The molecule has 3 aromatic rings. The third-order valence-electron chi connectivity index (χ3n) is 6.40. The van der Waals surface area contributed by atoms with Crippen LogP contribution in [0.15, 0.2) is 53.1 Å². The number of rotatable bonds is 4. The summed E-state index contributed by atoms with van der Waals surface area (Å²) in [5.74, 6) is 0.511. The van der Waals surface area contributed by atoms with Gasteiger partial charge in [0.2, 0.25) is 0 Å². The molecule has 5 rings (SSSR count). The molecule has 0 atom stereocenters. The number of carbonyl (C=O) groups excluding carboxylic acids is 1. The molecule has 0 spiro atoms. The summed E-state index contributed by atoms with van der Waals surface area (Å²) in [6, 6.07) is 15.0. The van der Waals surface area contributed by atoms with Gasteiger partial charge in [0.05, 0.1) is 5.39 Å². The van der Waals surface area contributed by atoms with E-state index in [1.165, 1.54) is 4.31 Å². The Morgan fingerprint density at radius 3 is 2.18 bits per heavy atom. The number of amides is 1. The zero-order chi connectivity index (χ0) is 23.0. The fourth-order valence-corrected chi connectivity index (χ4v) is 5.93. The average Bonchev–Trinajstić information content (AvgIpc) is 3.28. The Morgan fingerprint density at radius 2 is 1.52 bits per heavy atom. The van der Waals surface area contributed by atoms with Gasteiger partial charge in [0.15, 0.2) is 5.76 Å². The van der Waals surface area contributed by atoms with Crippen molar-refractivity contribution >= 4 is 27.0 Å². The first-order valence-corrected chi connectivity index (χ1v) is 12.5. The van der Waals surface area contributed by atoms with Crippen molar-refractivity contribution in [2.24, 2.45) is 0 Å². The third-order valence-corrected chi connectivity index (χ3v) is 8.44. The topological polar surface area (TPSA) is 90.2 Å². The monoisotopic (exact) mass is 469 g/mol. The Bertz CT molecular complexity index is 1240. The molecule has 0 saturated carbocycles. The molecule has 0 radical (unpaired) electrons. The second-order valence-corrected chi connectivity index (χ2v) is 10.4. The molecular weight excluding hydrogens is 442 g/mol. The second-order valence-electron chi connectivity index (χ2n) is 8.51. The van der Waals surface area contributed by atoms with Crippen LogP contribution in [0.3, 0.4) is 0 Å². The molecule has 2 aromatic carbocycles. The number of hydrogen-bond donors (Lipinski definition) is 0. The van der Waals surface area contributed by atoms with Crippen molar-refractivity contribution in [1.29, 1.82) is 0 Å². The number of fused-ring (bicyclic) bond motifs is 1. The maximum absolute atomic E-state index is 13.2. The van der Waals surface area contributed by atoms with Crippen LogP contribution in [0.1, 0.15) is 10.4 Å². The lowest BCUT2D eigenvalue weighted by Crippen LogP contribution is -2.57. The maximum Gasteiger partial charge on any atom is 0.282 e. The summed E-state index contributed by atoms with van der Waals surface area (Å²) < 4.78 is 34.6. The fourth-order valence-electron chi connectivity index (χ4n) is 4.36. The van der Waals surface area contributed by atoms with Crippen LogP contribution in [0.5, 0.6) is 0 Å². The molecule has 2 saturated heterocycles. The van der Waals surface area contributed by atoms with E-state index >= 15 is 0 Å². The van der Waals surface area contributed by atoms with E-state index in [1.807, 2.05) is 43.4 Å². The first-order valence-electron chi connectivity index (χ1n) is 11.1. The van der Waals surface area contributed by atoms with E-state index in [0.717, 1.165) is 24.0 Å². The normalized spacial score (nSPS) is 19.2. The smallest absolute Gasteiger partial charge is 0.282 e. The molecule has 2 aliphatic rings. The number of piperazine rings is 2. The Balaban J connectivity index is 1.29. The molecule has 2 fully saturated rings. The summed E-state index contributed by atoms with van der Waals surface area (Å²) in [5.41, 5.74) is 2.12.